The van der Waals surface area contributed by atoms with Crippen molar-refractivity contribution in [3.8, 4) is 5.75 Å². The summed E-state index contributed by atoms with van der Waals surface area (Å²) in [6.45, 7) is 6.29. The van der Waals surface area contributed by atoms with E-state index in [4.69, 9.17) is 4.74 Å². The topological polar surface area (TPSA) is 66.7 Å². The molecule has 0 amide bonds. The van der Waals surface area contributed by atoms with Crippen LogP contribution in [0, 0.1) is 6.92 Å². The van der Waals surface area contributed by atoms with E-state index >= 15 is 0 Å². The van der Waals surface area contributed by atoms with Crippen molar-refractivity contribution in [2.45, 2.75) is 32.9 Å². The molecule has 0 radical (unpaired) electrons. The predicted molar refractivity (Wildman–Crippen MR) is 115 cm³/mol. The average Bonchev–Trinajstić information content (AvgIpc) is 3.09. The molecule has 154 valence electrons. The second-order valence-corrected chi connectivity index (χ2v) is 7.19. The minimum Gasteiger partial charge on any atom is -0.493 e. The zero-order chi connectivity index (χ0) is 20.5. The number of hydrogen-bond acceptors (Lipinski definition) is 4. The number of nitrogens with zero attached hydrogens (tertiary/aromatic N) is 4. The number of likely N-dealkylation sites (N-methyl/N-ethyl adjacent to an activating group) is 1. The van der Waals surface area contributed by atoms with Crippen molar-refractivity contribution in [2.24, 2.45) is 12.0 Å². The lowest BCUT2D eigenvalue weighted by molar-refractivity contribution is 0.298. The van der Waals surface area contributed by atoms with E-state index in [1.54, 1.807) is 7.05 Å². The minimum atomic E-state index is 0.204. The van der Waals surface area contributed by atoms with Gasteiger partial charge in [0.05, 0.1) is 18.8 Å². The van der Waals surface area contributed by atoms with Crippen LogP contribution in [0.2, 0.25) is 0 Å². The number of rotatable bonds is 9. The fourth-order valence-electron chi connectivity index (χ4n) is 2.96. The SMILES string of the molecule is CCCOc1cc(C)ccc1CNC(=NC)NCC(c1cnn(C)c1)N(C)C. The molecule has 0 saturated heterocycles. The number of aromatic nitrogens is 2. The molecule has 1 atom stereocenters. The highest BCUT2D eigenvalue weighted by molar-refractivity contribution is 5.79. The van der Waals surface area contributed by atoms with Crippen LogP contribution in [0.5, 0.6) is 5.75 Å². The van der Waals surface area contributed by atoms with Gasteiger partial charge in [0, 0.05) is 44.5 Å². The molecule has 1 unspecified atom stereocenters. The van der Waals surface area contributed by atoms with Gasteiger partial charge in [-0.25, -0.2) is 0 Å². The number of aryl methyl sites for hydroxylation is 2. The summed E-state index contributed by atoms with van der Waals surface area (Å²) >= 11 is 0. The molecule has 28 heavy (non-hydrogen) atoms. The minimum absolute atomic E-state index is 0.204. The van der Waals surface area contributed by atoms with Crippen molar-refractivity contribution in [3.05, 3.63) is 47.3 Å². The first-order chi connectivity index (χ1) is 13.4. The monoisotopic (exact) mass is 386 g/mol. The van der Waals surface area contributed by atoms with Gasteiger partial charge in [-0.3, -0.25) is 9.67 Å². The first-order valence-electron chi connectivity index (χ1n) is 9.76. The highest BCUT2D eigenvalue weighted by Gasteiger charge is 2.16. The van der Waals surface area contributed by atoms with E-state index in [2.05, 4.69) is 71.8 Å². The Bertz CT molecular complexity index is 768. The van der Waals surface area contributed by atoms with Crippen LogP contribution in [0.1, 0.15) is 36.1 Å². The molecule has 1 aromatic carbocycles. The lowest BCUT2D eigenvalue weighted by Gasteiger charge is -2.24. The summed E-state index contributed by atoms with van der Waals surface area (Å²) in [6, 6.07) is 6.51. The molecular formula is C21H34N6O. The molecule has 0 fully saturated rings. The smallest absolute Gasteiger partial charge is 0.191 e. The van der Waals surface area contributed by atoms with Gasteiger partial charge in [-0.1, -0.05) is 19.1 Å². The number of benzene rings is 1. The molecule has 0 bridgehead atoms. The van der Waals surface area contributed by atoms with Crippen LogP contribution in [0.3, 0.4) is 0 Å². The predicted octanol–water partition coefficient (Wildman–Crippen LogP) is 2.49. The fourth-order valence-corrected chi connectivity index (χ4v) is 2.96. The van der Waals surface area contributed by atoms with Crippen LogP contribution < -0.4 is 15.4 Å². The number of nitrogens with one attached hydrogen (secondary N) is 2. The highest BCUT2D eigenvalue weighted by Crippen LogP contribution is 2.20. The quantitative estimate of drug-likeness (QED) is 0.512. The average molecular weight is 387 g/mol. The van der Waals surface area contributed by atoms with E-state index in [1.165, 1.54) is 11.1 Å². The van der Waals surface area contributed by atoms with Crippen molar-refractivity contribution >= 4 is 5.96 Å². The molecule has 7 nitrogen and oxygen atoms in total. The van der Waals surface area contributed by atoms with Crippen molar-refractivity contribution in [1.82, 2.24) is 25.3 Å². The van der Waals surface area contributed by atoms with Crippen LogP contribution in [0.15, 0.2) is 35.6 Å². The van der Waals surface area contributed by atoms with Crippen LogP contribution in [-0.2, 0) is 13.6 Å². The Hall–Kier alpha value is -2.54. The molecule has 0 aliphatic heterocycles. The Balaban J connectivity index is 1.97. The van der Waals surface area contributed by atoms with Crippen molar-refractivity contribution in [3.63, 3.8) is 0 Å². The van der Waals surface area contributed by atoms with E-state index in [-0.39, 0.29) is 6.04 Å². The van der Waals surface area contributed by atoms with Crippen molar-refractivity contribution in [2.75, 3.05) is 34.3 Å². The van der Waals surface area contributed by atoms with Crippen LogP contribution in [0.4, 0.5) is 0 Å². The van der Waals surface area contributed by atoms with Gasteiger partial charge >= 0.3 is 0 Å². The molecule has 0 saturated carbocycles. The Morgan fingerprint density at radius 3 is 2.71 bits per heavy atom. The molecule has 0 aliphatic carbocycles. The summed E-state index contributed by atoms with van der Waals surface area (Å²) in [5, 5.41) is 11.1. The summed E-state index contributed by atoms with van der Waals surface area (Å²) in [5.74, 6) is 1.70. The normalized spacial score (nSPS) is 12.9. The van der Waals surface area contributed by atoms with Crippen LogP contribution in [-0.4, -0.2) is 54.9 Å². The molecule has 0 spiro atoms. The van der Waals surface area contributed by atoms with E-state index < -0.39 is 0 Å². The molecule has 2 aromatic rings. The molecule has 2 N–H and O–H groups in total. The van der Waals surface area contributed by atoms with E-state index in [9.17, 15) is 0 Å². The summed E-state index contributed by atoms with van der Waals surface area (Å²) in [7, 11) is 7.86. The van der Waals surface area contributed by atoms with Crippen molar-refractivity contribution < 1.29 is 4.74 Å². The Kier molecular flexibility index (Phi) is 8.32. The van der Waals surface area contributed by atoms with Gasteiger partial charge in [-0.15, -0.1) is 0 Å². The maximum absolute atomic E-state index is 5.91. The molecule has 0 aliphatic rings. The number of guanidine groups is 1. The second-order valence-electron chi connectivity index (χ2n) is 7.19. The maximum atomic E-state index is 5.91. The number of ether oxygens (including phenoxy) is 1. The van der Waals surface area contributed by atoms with Crippen LogP contribution in [0.25, 0.3) is 0 Å². The highest BCUT2D eigenvalue weighted by atomic mass is 16.5. The van der Waals surface area contributed by atoms with Crippen LogP contribution >= 0.6 is 0 Å². The number of aliphatic imine (C=N–C) groups is 1. The Morgan fingerprint density at radius 2 is 2.11 bits per heavy atom. The second kappa shape index (κ2) is 10.7. The molecule has 7 heteroatoms. The van der Waals surface area contributed by atoms with Gasteiger partial charge in [0.2, 0.25) is 0 Å². The summed E-state index contributed by atoms with van der Waals surface area (Å²) < 4.78 is 7.73. The van der Waals surface area contributed by atoms with Gasteiger partial charge in [0.15, 0.2) is 5.96 Å². The van der Waals surface area contributed by atoms with E-state index in [0.29, 0.717) is 6.54 Å². The van der Waals surface area contributed by atoms with Crippen molar-refractivity contribution in [1.29, 1.82) is 0 Å². The summed E-state index contributed by atoms with van der Waals surface area (Å²) in [5.41, 5.74) is 3.49. The largest absolute Gasteiger partial charge is 0.493 e. The first kappa shape index (κ1) is 21.8. The van der Waals surface area contributed by atoms with E-state index in [1.807, 2.05) is 24.1 Å². The molecular weight excluding hydrogens is 352 g/mol. The third-order valence-corrected chi connectivity index (χ3v) is 4.55. The lowest BCUT2D eigenvalue weighted by atomic mass is 10.1. The molecule has 1 aromatic heterocycles. The summed E-state index contributed by atoms with van der Waals surface area (Å²) in [6.07, 6.45) is 4.95. The lowest BCUT2D eigenvalue weighted by Crippen LogP contribution is -2.41. The van der Waals surface area contributed by atoms with Gasteiger partial charge in [-0.2, -0.15) is 5.10 Å². The number of hydrogen-bond donors (Lipinski definition) is 2. The maximum Gasteiger partial charge on any atom is 0.191 e. The third-order valence-electron chi connectivity index (χ3n) is 4.55. The molecule has 1 heterocycles. The third kappa shape index (κ3) is 6.27. The van der Waals surface area contributed by atoms with Gasteiger partial charge < -0.3 is 20.3 Å². The van der Waals surface area contributed by atoms with Gasteiger partial charge in [-0.05, 0) is 39.1 Å². The van der Waals surface area contributed by atoms with Gasteiger partial charge in [0.25, 0.3) is 0 Å². The fraction of sp³-hybridized carbons (Fsp3) is 0.524. The first-order valence-corrected chi connectivity index (χ1v) is 9.76. The standard InChI is InChI=1S/C21H34N6O/c1-7-10-28-20-11-16(2)8-9-17(20)12-23-21(22-3)24-14-19(26(4)5)18-13-25-27(6)15-18/h8-9,11,13,15,19H,7,10,12,14H2,1-6H3,(H2,22,23,24). The zero-order valence-corrected chi connectivity index (χ0v) is 18.0. The zero-order valence-electron chi connectivity index (χ0n) is 18.0. The molecule has 2 rings (SSSR count). The Morgan fingerprint density at radius 1 is 1.32 bits per heavy atom. The summed E-state index contributed by atoms with van der Waals surface area (Å²) in [4.78, 5) is 6.53. The van der Waals surface area contributed by atoms with Gasteiger partial charge in [0.1, 0.15) is 5.75 Å². The Labute approximate surface area is 168 Å². The van der Waals surface area contributed by atoms with E-state index in [0.717, 1.165) is 36.8 Å².